The predicted molar refractivity (Wildman–Crippen MR) is 145 cm³/mol. The van der Waals surface area contributed by atoms with E-state index in [2.05, 4.69) is 0 Å². The van der Waals surface area contributed by atoms with E-state index in [9.17, 15) is 26.8 Å². The van der Waals surface area contributed by atoms with Crippen LogP contribution in [0, 0.1) is 11.6 Å². The molecule has 4 rings (SSSR count). The van der Waals surface area contributed by atoms with Gasteiger partial charge in [0.05, 0.1) is 18.6 Å². The maximum Gasteiger partial charge on any atom is 0.243 e. The van der Waals surface area contributed by atoms with Crippen LogP contribution in [0.15, 0.2) is 66.7 Å². The number of halogens is 4. The van der Waals surface area contributed by atoms with Crippen LogP contribution in [0.2, 0.25) is 10.0 Å². The fraction of sp³-hybridized carbons (Fsp3) is 0.231. The first-order chi connectivity index (χ1) is 18.4. The summed E-state index contributed by atoms with van der Waals surface area (Å²) in [7, 11) is -4.26. The molecule has 2 amide bonds. The average molecular weight is 597 g/mol. The lowest BCUT2D eigenvalue weighted by Crippen LogP contribution is -2.62. The number of hydrogen-bond acceptors (Lipinski definition) is 5. The number of benzene rings is 3. The van der Waals surface area contributed by atoms with E-state index in [-0.39, 0.29) is 24.8 Å². The summed E-state index contributed by atoms with van der Waals surface area (Å²) in [6.07, 6.45) is 0. The lowest BCUT2D eigenvalue weighted by atomic mass is 9.92. The molecule has 0 radical (unpaired) electrons. The third-order valence-corrected chi connectivity index (χ3v) is 7.88. The fourth-order valence-electron chi connectivity index (χ4n) is 4.47. The lowest BCUT2D eigenvalue weighted by Gasteiger charge is -2.49. The molecule has 0 atom stereocenters. The van der Waals surface area contributed by atoms with Gasteiger partial charge in [-0.2, -0.15) is 0 Å². The SMILES string of the molecule is NC(=O)CNS(=O)(=O)CC(=O)N(c1cc(F)cc(F)c1)C1CN(C(c2ccc(Cl)cc2)c2ccc(Cl)cc2)C1. The number of nitrogens with two attached hydrogens (primary N) is 1. The van der Waals surface area contributed by atoms with Crippen LogP contribution < -0.4 is 15.4 Å². The lowest BCUT2D eigenvalue weighted by molar-refractivity contribution is -0.118. The molecule has 1 aliphatic heterocycles. The van der Waals surface area contributed by atoms with E-state index in [0.717, 1.165) is 28.2 Å². The van der Waals surface area contributed by atoms with Crippen LogP contribution in [-0.4, -0.2) is 56.6 Å². The molecule has 0 aromatic heterocycles. The molecule has 0 aliphatic carbocycles. The van der Waals surface area contributed by atoms with Crippen molar-refractivity contribution >= 4 is 50.7 Å². The van der Waals surface area contributed by atoms with Crippen molar-refractivity contribution in [1.29, 1.82) is 0 Å². The van der Waals surface area contributed by atoms with Crippen LogP contribution in [0.4, 0.5) is 14.5 Å². The molecule has 8 nitrogen and oxygen atoms in total. The van der Waals surface area contributed by atoms with Gasteiger partial charge in [-0.15, -0.1) is 0 Å². The van der Waals surface area contributed by atoms with Crippen LogP contribution in [-0.2, 0) is 19.6 Å². The fourth-order valence-corrected chi connectivity index (χ4v) is 5.65. The minimum absolute atomic E-state index is 0.123. The summed E-state index contributed by atoms with van der Waals surface area (Å²) in [5.41, 5.74) is 6.68. The van der Waals surface area contributed by atoms with Crippen LogP contribution in [0.3, 0.4) is 0 Å². The van der Waals surface area contributed by atoms with E-state index in [4.69, 9.17) is 28.9 Å². The maximum absolute atomic E-state index is 14.1. The first kappa shape index (κ1) is 28.9. The standard InChI is InChI=1S/C26H24Cl2F2N4O4S/c27-18-5-1-16(2-6-18)26(17-3-7-19(28)8-4-17)33-13-23(14-33)34(22-10-20(29)9-21(30)11-22)25(36)15-39(37,38)32-12-24(31)35/h1-11,23,26,32H,12-15H2,(H2,31,35). The van der Waals surface area contributed by atoms with Gasteiger partial charge in [-0.1, -0.05) is 47.5 Å². The van der Waals surface area contributed by atoms with E-state index in [1.54, 1.807) is 24.3 Å². The summed E-state index contributed by atoms with van der Waals surface area (Å²) in [6, 6.07) is 16.2. The monoisotopic (exact) mass is 596 g/mol. The largest absolute Gasteiger partial charge is 0.369 e. The Hall–Kier alpha value is -3.09. The highest BCUT2D eigenvalue weighted by molar-refractivity contribution is 7.90. The van der Waals surface area contributed by atoms with Crippen LogP contribution in [0.1, 0.15) is 17.2 Å². The number of rotatable bonds is 10. The highest BCUT2D eigenvalue weighted by atomic mass is 35.5. The van der Waals surface area contributed by atoms with Crippen LogP contribution in [0.5, 0.6) is 0 Å². The molecular weight excluding hydrogens is 573 g/mol. The number of nitrogens with zero attached hydrogens (tertiary/aromatic N) is 2. The predicted octanol–water partition coefficient (Wildman–Crippen LogP) is 3.48. The Balaban J connectivity index is 1.62. The second kappa shape index (κ2) is 12.0. The van der Waals surface area contributed by atoms with Crippen molar-refractivity contribution in [3.63, 3.8) is 0 Å². The van der Waals surface area contributed by atoms with Gasteiger partial charge in [-0.3, -0.25) is 14.5 Å². The number of carbonyl (C=O) groups excluding carboxylic acids is 2. The van der Waals surface area contributed by atoms with Gasteiger partial charge in [0, 0.05) is 34.9 Å². The van der Waals surface area contributed by atoms with E-state index < -0.39 is 51.8 Å². The van der Waals surface area contributed by atoms with Gasteiger partial charge in [0.1, 0.15) is 17.4 Å². The molecule has 0 spiro atoms. The highest BCUT2D eigenvalue weighted by Crippen LogP contribution is 2.36. The Morgan fingerprint density at radius 2 is 1.44 bits per heavy atom. The zero-order chi connectivity index (χ0) is 28.3. The topological polar surface area (TPSA) is 113 Å². The first-order valence-electron chi connectivity index (χ1n) is 11.7. The summed E-state index contributed by atoms with van der Waals surface area (Å²) in [5, 5.41) is 1.12. The Kier molecular flexibility index (Phi) is 8.87. The van der Waals surface area contributed by atoms with Gasteiger partial charge in [0.15, 0.2) is 0 Å². The Bertz CT molecular complexity index is 1400. The van der Waals surface area contributed by atoms with Gasteiger partial charge in [0.2, 0.25) is 21.8 Å². The molecular formula is C26H24Cl2F2N4O4S. The van der Waals surface area contributed by atoms with Crippen LogP contribution in [0.25, 0.3) is 0 Å². The molecule has 13 heteroatoms. The number of likely N-dealkylation sites (tertiary alicyclic amines) is 1. The summed E-state index contributed by atoms with van der Waals surface area (Å²) in [5.74, 6) is -4.74. The van der Waals surface area contributed by atoms with Crippen molar-refractivity contribution in [3.05, 3.63) is 99.5 Å². The molecule has 3 N–H and O–H groups in total. The number of hydrogen-bond donors (Lipinski definition) is 2. The quantitative estimate of drug-likeness (QED) is 0.372. The maximum atomic E-state index is 14.1. The minimum Gasteiger partial charge on any atom is -0.369 e. The Morgan fingerprint density at radius 1 is 0.949 bits per heavy atom. The highest BCUT2D eigenvalue weighted by Gasteiger charge is 2.41. The first-order valence-corrected chi connectivity index (χ1v) is 14.1. The van der Waals surface area contributed by atoms with Gasteiger partial charge < -0.3 is 10.6 Å². The molecule has 3 aromatic carbocycles. The smallest absolute Gasteiger partial charge is 0.243 e. The second-order valence-corrected chi connectivity index (χ2v) is 11.7. The van der Waals surface area contributed by atoms with E-state index in [0.29, 0.717) is 16.1 Å². The second-order valence-electron chi connectivity index (χ2n) is 9.05. The number of primary amides is 1. The van der Waals surface area contributed by atoms with Crippen molar-refractivity contribution in [2.24, 2.45) is 5.73 Å². The molecule has 206 valence electrons. The van der Waals surface area contributed by atoms with E-state index in [1.807, 2.05) is 33.9 Å². The number of sulfonamides is 1. The molecule has 3 aromatic rings. The van der Waals surface area contributed by atoms with Gasteiger partial charge in [-0.05, 0) is 47.5 Å². The van der Waals surface area contributed by atoms with E-state index >= 15 is 0 Å². The van der Waals surface area contributed by atoms with Gasteiger partial charge in [0.25, 0.3) is 0 Å². The molecule has 1 fully saturated rings. The zero-order valence-corrected chi connectivity index (χ0v) is 22.7. The number of carbonyl (C=O) groups is 2. The van der Waals surface area contributed by atoms with Crippen molar-refractivity contribution < 1.29 is 26.8 Å². The number of amides is 2. The minimum atomic E-state index is -4.26. The Morgan fingerprint density at radius 3 is 1.90 bits per heavy atom. The van der Waals surface area contributed by atoms with E-state index in [1.165, 1.54) is 0 Å². The summed E-state index contributed by atoms with van der Waals surface area (Å²) < 4.78 is 54.9. The third-order valence-electron chi connectivity index (χ3n) is 6.17. The summed E-state index contributed by atoms with van der Waals surface area (Å²) in [4.78, 5) is 27.4. The summed E-state index contributed by atoms with van der Waals surface area (Å²) in [6.45, 7) is -0.172. The zero-order valence-electron chi connectivity index (χ0n) is 20.4. The van der Waals surface area contributed by atoms with Crippen molar-refractivity contribution in [2.75, 3.05) is 30.3 Å². The average Bonchev–Trinajstić information content (AvgIpc) is 2.82. The molecule has 0 saturated carbocycles. The van der Waals surface area contributed by atoms with Crippen molar-refractivity contribution in [3.8, 4) is 0 Å². The van der Waals surface area contributed by atoms with Crippen molar-refractivity contribution in [1.82, 2.24) is 9.62 Å². The van der Waals surface area contributed by atoms with Crippen LogP contribution >= 0.6 is 23.2 Å². The van der Waals surface area contributed by atoms with Crippen molar-refractivity contribution in [2.45, 2.75) is 12.1 Å². The molecule has 39 heavy (non-hydrogen) atoms. The molecule has 1 heterocycles. The summed E-state index contributed by atoms with van der Waals surface area (Å²) >= 11 is 12.2. The number of anilines is 1. The Labute approximate surface area is 234 Å². The van der Waals surface area contributed by atoms with Gasteiger partial charge in [-0.25, -0.2) is 21.9 Å². The number of nitrogens with one attached hydrogen (secondary N) is 1. The van der Waals surface area contributed by atoms with Gasteiger partial charge >= 0.3 is 0 Å². The third kappa shape index (κ3) is 7.31. The molecule has 0 bridgehead atoms. The molecule has 1 aliphatic rings. The molecule has 1 saturated heterocycles. The molecule has 0 unspecified atom stereocenters. The normalized spacial score (nSPS) is 14.3.